The Hall–Kier alpha value is -1.69. The topological polar surface area (TPSA) is 80.0 Å². The minimum atomic E-state index is -0.0652. The molecule has 6 heteroatoms. The van der Waals surface area contributed by atoms with Gasteiger partial charge in [0.2, 0.25) is 5.91 Å². The van der Waals surface area contributed by atoms with Crippen molar-refractivity contribution in [3.8, 4) is 0 Å². The highest BCUT2D eigenvalue weighted by atomic mass is 32.1. The van der Waals surface area contributed by atoms with Crippen LogP contribution >= 0.6 is 12.2 Å². The Morgan fingerprint density at radius 2 is 2.35 bits per heavy atom. The first-order chi connectivity index (χ1) is 8.15. The van der Waals surface area contributed by atoms with E-state index in [2.05, 4.69) is 15.6 Å². The van der Waals surface area contributed by atoms with Gasteiger partial charge in [0.05, 0.1) is 18.4 Å². The standard InChI is InChI=1S/C11H16N4OS/c1-2-4-14-10(16)7-15-9-6-13-5-3-8(9)11(12)17/h3,5-6,15H,2,4,7H2,1H3,(H2,12,17)(H,14,16). The molecule has 0 radical (unpaired) electrons. The summed E-state index contributed by atoms with van der Waals surface area (Å²) in [4.78, 5) is 15.6. The van der Waals surface area contributed by atoms with Gasteiger partial charge in [-0.25, -0.2) is 0 Å². The zero-order valence-electron chi connectivity index (χ0n) is 9.69. The molecule has 1 aromatic heterocycles. The SMILES string of the molecule is CCCNC(=O)CNc1cnccc1C(N)=S. The molecule has 0 aliphatic rings. The van der Waals surface area contributed by atoms with Crippen LogP contribution in [0, 0.1) is 0 Å². The monoisotopic (exact) mass is 252 g/mol. The van der Waals surface area contributed by atoms with Crippen molar-refractivity contribution in [3.05, 3.63) is 24.0 Å². The second-order valence-corrected chi connectivity index (χ2v) is 3.93. The fourth-order valence-corrected chi connectivity index (χ4v) is 1.43. The maximum absolute atomic E-state index is 11.4. The van der Waals surface area contributed by atoms with Crippen LogP contribution in [0.4, 0.5) is 5.69 Å². The van der Waals surface area contributed by atoms with Crippen molar-refractivity contribution < 1.29 is 4.79 Å². The average molecular weight is 252 g/mol. The van der Waals surface area contributed by atoms with Crippen LogP contribution < -0.4 is 16.4 Å². The van der Waals surface area contributed by atoms with Crippen LogP contribution in [-0.2, 0) is 4.79 Å². The van der Waals surface area contributed by atoms with Crippen LogP contribution in [0.3, 0.4) is 0 Å². The zero-order chi connectivity index (χ0) is 12.7. The van der Waals surface area contributed by atoms with E-state index in [-0.39, 0.29) is 17.4 Å². The molecule has 0 fully saturated rings. The van der Waals surface area contributed by atoms with Gasteiger partial charge in [0.1, 0.15) is 4.99 Å². The second kappa shape index (κ2) is 6.80. The van der Waals surface area contributed by atoms with Gasteiger partial charge in [-0.1, -0.05) is 19.1 Å². The summed E-state index contributed by atoms with van der Waals surface area (Å²) in [5, 5.41) is 5.73. The van der Waals surface area contributed by atoms with E-state index in [0.29, 0.717) is 17.8 Å². The minimum Gasteiger partial charge on any atom is -0.389 e. The van der Waals surface area contributed by atoms with Crippen molar-refractivity contribution in [1.29, 1.82) is 0 Å². The summed E-state index contributed by atoms with van der Waals surface area (Å²) in [5.74, 6) is -0.0652. The summed E-state index contributed by atoms with van der Waals surface area (Å²) in [7, 11) is 0. The molecule has 1 rings (SSSR count). The van der Waals surface area contributed by atoms with Crippen molar-refractivity contribution in [3.63, 3.8) is 0 Å². The molecule has 17 heavy (non-hydrogen) atoms. The van der Waals surface area contributed by atoms with Gasteiger partial charge in [-0.2, -0.15) is 0 Å². The van der Waals surface area contributed by atoms with Crippen LogP contribution in [0.15, 0.2) is 18.5 Å². The summed E-state index contributed by atoms with van der Waals surface area (Å²) >= 11 is 4.91. The number of anilines is 1. The van der Waals surface area contributed by atoms with E-state index in [1.165, 1.54) is 0 Å². The molecule has 4 N–H and O–H groups in total. The molecule has 0 unspecified atom stereocenters. The number of amides is 1. The average Bonchev–Trinajstić information content (AvgIpc) is 2.34. The Morgan fingerprint density at radius 3 is 3.00 bits per heavy atom. The fourth-order valence-electron chi connectivity index (χ4n) is 1.25. The van der Waals surface area contributed by atoms with E-state index in [4.69, 9.17) is 18.0 Å². The molecular weight excluding hydrogens is 236 g/mol. The quantitative estimate of drug-likeness (QED) is 0.648. The maximum atomic E-state index is 11.4. The van der Waals surface area contributed by atoms with Crippen molar-refractivity contribution in [2.75, 3.05) is 18.4 Å². The smallest absolute Gasteiger partial charge is 0.239 e. The zero-order valence-corrected chi connectivity index (χ0v) is 10.5. The van der Waals surface area contributed by atoms with Crippen LogP contribution in [0.25, 0.3) is 0 Å². The highest BCUT2D eigenvalue weighted by Crippen LogP contribution is 2.12. The molecule has 1 heterocycles. The summed E-state index contributed by atoms with van der Waals surface area (Å²) in [6, 6.07) is 1.72. The normalized spacial score (nSPS) is 9.71. The van der Waals surface area contributed by atoms with E-state index in [1.807, 2.05) is 6.92 Å². The van der Waals surface area contributed by atoms with Gasteiger partial charge in [-0.3, -0.25) is 9.78 Å². The van der Waals surface area contributed by atoms with Crippen LogP contribution in [-0.4, -0.2) is 29.0 Å². The molecular formula is C11H16N4OS. The number of nitrogens with one attached hydrogen (secondary N) is 2. The number of rotatable bonds is 6. The Morgan fingerprint density at radius 1 is 1.59 bits per heavy atom. The van der Waals surface area contributed by atoms with E-state index < -0.39 is 0 Å². The predicted molar refractivity (Wildman–Crippen MR) is 71.9 cm³/mol. The maximum Gasteiger partial charge on any atom is 0.239 e. The lowest BCUT2D eigenvalue weighted by Crippen LogP contribution is -2.30. The molecule has 92 valence electrons. The van der Waals surface area contributed by atoms with Gasteiger partial charge in [0.15, 0.2) is 0 Å². The van der Waals surface area contributed by atoms with Crippen LogP contribution in [0.1, 0.15) is 18.9 Å². The van der Waals surface area contributed by atoms with Gasteiger partial charge in [0.25, 0.3) is 0 Å². The molecule has 0 saturated carbocycles. The summed E-state index contributed by atoms with van der Waals surface area (Å²) in [6.45, 7) is 2.86. The summed E-state index contributed by atoms with van der Waals surface area (Å²) in [5.41, 5.74) is 6.93. The lowest BCUT2D eigenvalue weighted by Gasteiger charge is -2.10. The first-order valence-electron chi connectivity index (χ1n) is 5.39. The van der Waals surface area contributed by atoms with Gasteiger partial charge < -0.3 is 16.4 Å². The molecule has 0 spiro atoms. The Labute approximate surface area is 106 Å². The minimum absolute atomic E-state index is 0.0652. The molecule has 0 saturated heterocycles. The second-order valence-electron chi connectivity index (χ2n) is 3.49. The number of pyridine rings is 1. The molecule has 0 aromatic carbocycles. The van der Waals surface area contributed by atoms with Crippen LogP contribution in [0.2, 0.25) is 0 Å². The number of carbonyl (C=O) groups is 1. The van der Waals surface area contributed by atoms with Gasteiger partial charge >= 0.3 is 0 Å². The van der Waals surface area contributed by atoms with E-state index in [9.17, 15) is 4.79 Å². The number of hydrogen-bond acceptors (Lipinski definition) is 4. The van der Waals surface area contributed by atoms with Gasteiger partial charge in [0, 0.05) is 18.3 Å². The highest BCUT2D eigenvalue weighted by molar-refractivity contribution is 7.80. The number of hydrogen-bond donors (Lipinski definition) is 3. The first kappa shape index (κ1) is 13.4. The Kier molecular flexibility index (Phi) is 5.35. The van der Waals surface area contributed by atoms with Crippen molar-refractivity contribution in [2.24, 2.45) is 5.73 Å². The number of nitrogens with zero attached hydrogens (tertiary/aromatic N) is 1. The first-order valence-corrected chi connectivity index (χ1v) is 5.80. The Bertz CT molecular complexity index is 408. The third-order valence-electron chi connectivity index (χ3n) is 2.10. The fraction of sp³-hybridized carbons (Fsp3) is 0.364. The molecule has 1 amide bonds. The molecule has 0 aliphatic carbocycles. The molecule has 0 aliphatic heterocycles. The highest BCUT2D eigenvalue weighted by Gasteiger charge is 2.06. The summed E-state index contributed by atoms with van der Waals surface area (Å²) < 4.78 is 0. The molecule has 0 bridgehead atoms. The van der Waals surface area contributed by atoms with Crippen molar-refractivity contribution in [1.82, 2.24) is 10.3 Å². The van der Waals surface area contributed by atoms with E-state index >= 15 is 0 Å². The van der Waals surface area contributed by atoms with E-state index in [1.54, 1.807) is 18.5 Å². The lowest BCUT2D eigenvalue weighted by atomic mass is 10.2. The number of aromatic nitrogens is 1. The van der Waals surface area contributed by atoms with Gasteiger partial charge in [-0.15, -0.1) is 0 Å². The van der Waals surface area contributed by atoms with Crippen molar-refractivity contribution in [2.45, 2.75) is 13.3 Å². The third-order valence-corrected chi connectivity index (χ3v) is 2.32. The number of nitrogens with two attached hydrogens (primary N) is 1. The summed E-state index contributed by atoms with van der Waals surface area (Å²) in [6.07, 6.45) is 4.12. The molecule has 5 nitrogen and oxygen atoms in total. The lowest BCUT2D eigenvalue weighted by molar-refractivity contribution is -0.119. The number of thiocarbonyl (C=S) groups is 1. The molecule has 0 atom stereocenters. The number of carbonyl (C=O) groups excluding carboxylic acids is 1. The van der Waals surface area contributed by atoms with Crippen molar-refractivity contribution >= 4 is 28.8 Å². The molecule has 1 aromatic rings. The largest absolute Gasteiger partial charge is 0.389 e. The predicted octanol–water partition coefficient (Wildman–Crippen LogP) is 0.654. The van der Waals surface area contributed by atoms with Crippen LogP contribution in [0.5, 0.6) is 0 Å². The third kappa shape index (κ3) is 4.36. The Balaban J connectivity index is 2.57. The van der Waals surface area contributed by atoms with Gasteiger partial charge in [-0.05, 0) is 12.5 Å². The van der Waals surface area contributed by atoms with E-state index in [0.717, 1.165) is 6.42 Å².